The second-order valence-corrected chi connectivity index (χ2v) is 6.14. The Bertz CT molecular complexity index is 696. The molecule has 1 N–H and O–H groups in total. The zero-order chi connectivity index (χ0) is 14.9. The summed E-state index contributed by atoms with van der Waals surface area (Å²) in [5.41, 5.74) is 8.10. The van der Waals surface area contributed by atoms with Gasteiger partial charge in [0.25, 0.3) is 5.69 Å². The summed E-state index contributed by atoms with van der Waals surface area (Å²) < 4.78 is 26.5. The third kappa shape index (κ3) is 2.87. The molecule has 1 aliphatic carbocycles. The van der Waals surface area contributed by atoms with E-state index in [-0.39, 0.29) is 22.2 Å². The molecule has 0 aromatic heterocycles. The van der Waals surface area contributed by atoms with Crippen molar-refractivity contribution in [1.82, 2.24) is 4.72 Å². The van der Waals surface area contributed by atoms with E-state index in [0.29, 0.717) is 0 Å². The molecule has 1 saturated carbocycles. The molecule has 1 aromatic rings. The summed E-state index contributed by atoms with van der Waals surface area (Å²) in [6.07, 6.45) is 1.49. The van der Waals surface area contributed by atoms with E-state index < -0.39 is 20.6 Å². The normalized spacial score (nSPS) is 14.7. The number of nitrogens with one attached hydrogen (secondary N) is 1. The van der Waals surface area contributed by atoms with Gasteiger partial charge >= 0.3 is 0 Å². The van der Waals surface area contributed by atoms with E-state index in [1.165, 1.54) is 6.92 Å². The van der Waals surface area contributed by atoms with Crippen molar-refractivity contribution in [3.05, 3.63) is 38.3 Å². The Kier molecular flexibility index (Phi) is 3.62. The summed E-state index contributed by atoms with van der Waals surface area (Å²) in [6, 6.07) is 1.98. The lowest BCUT2D eigenvalue weighted by molar-refractivity contribution is -0.385. The first-order valence-electron chi connectivity index (χ1n) is 5.71. The summed E-state index contributed by atoms with van der Waals surface area (Å²) in [7, 11) is -3.85. The van der Waals surface area contributed by atoms with E-state index in [4.69, 9.17) is 5.53 Å². The van der Waals surface area contributed by atoms with Crippen molar-refractivity contribution in [2.45, 2.75) is 30.7 Å². The molecule has 0 amide bonds. The molecule has 0 radical (unpaired) electrons. The third-order valence-corrected chi connectivity index (χ3v) is 4.38. The Hall–Kier alpha value is -2.16. The molecule has 1 fully saturated rings. The first-order valence-corrected chi connectivity index (χ1v) is 7.20. The molecular formula is C10H11N5O4S. The minimum atomic E-state index is -3.85. The summed E-state index contributed by atoms with van der Waals surface area (Å²) >= 11 is 0. The van der Waals surface area contributed by atoms with Gasteiger partial charge < -0.3 is 0 Å². The molecule has 0 aliphatic heterocycles. The lowest BCUT2D eigenvalue weighted by Crippen LogP contribution is -2.25. The number of hydrogen-bond acceptors (Lipinski definition) is 5. The van der Waals surface area contributed by atoms with Crippen molar-refractivity contribution in [3.8, 4) is 0 Å². The Morgan fingerprint density at radius 3 is 2.65 bits per heavy atom. The lowest BCUT2D eigenvalue weighted by Gasteiger charge is -2.08. The molecule has 2 rings (SSSR count). The zero-order valence-corrected chi connectivity index (χ0v) is 11.3. The minimum absolute atomic E-state index is 0.0714. The Labute approximate surface area is 114 Å². The SMILES string of the molecule is Cc1c(N=[N+]=[N-])cc(S(=O)(=O)NC2CC2)cc1[N+](=O)[O-]. The molecule has 0 heterocycles. The Morgan fingerprint density at radius 1 is 1.50 bits per heavy atom. The number of rotatable bonds is 5. The van der Waals surface area contributed by atoms with Crippen LogP contribution in [0.15, 0.2) is 22.1 Å². The largest absolute Gasteiger partial charge is 0.274 e. The number of nitro benzene ring substituents is 1. The second kappa shape index (κ2) is 5.08. The number of hydrogen-bond donors (Lipinski definition) is 1. The molecule has 0 bridgehead atoms. The summed E-state index contributed by atoms with van der Waals surface area (Å²) in [6.45, 7) is 1.40. The van der Waals surface area contributed by atoms with E-state index in [0.717, 1.165) is 25.0 Å². The van der Waals surface area contributed by atoms with E-state index in [2.05, 4.69) is 14.7 Å². The predicted molar refractivity (Wildman–Crippen MR) is 70.0 cm³/mol. The van der Waals surface area contributed by atoms with Gasteiger partial charge in [0.05, 0.1) is 9.82 Å². The van der Waals surface area contributed by atoms with Gasteiger partial charge in [-0.05, 0) is 31.4 Å². The number of nitrogens with zero attached hydrogens (tertiary/aromatic N) is 4. The van der Waals surface area contributed by atoms with Crippen LogP contribution in [0.4, 0.5) is 11.4 Å². The van der Waals surface area contributed by atoms with Crippen LogP contribution < -0.4 is 4.72 Å². The van der Waals surface area contributed by atoms with Crippen LogP contribution in [-0.2, 0) is 10.0 Å². The zero-order valence-electron chi connectivity index (χ0n) is 10.5. The number of sulfonamides is 1. The highest BCUT2D eigenvalue weighted by Crippen LogP contribution is 2.32. The average molecular weight is 297 g/mol. The maximum Gasteiger partial charge on any atom is 0.274 e. The fourth-order valence-electron chi connectivity index (χ4n) is 1.64. The summed E-state index contributed by atoms with van der Waals surface area (Å²) in [5, 5.41) is 14.2. The molecule has 1 aromatic carbocycles. The smallest absolute Gasteiger partial charge is 0.258 e. The topological polar surface area (TPSA) is 138 Å². The van der Waals surface area contributed by atoms with Crippen molar-refractivity contribution in [2.75, 3.05) is 0 Å². The van der Waals surface area contributed by atoms with Gasteiger partial charge in [-0.2, -0.15) is 0 Å². The average Bonchev–Trinajstić information content (AvgIpc) is 3.14. The van der Waals surface area contributed by atoms with Crippen LogP contribution in [-0.4, -0.2) is 19.4 Å². The molecule has 0 atom stereocenters. The van der Waals surface area contributed by atoms with E-state index in [1.54, 1.807) is 0 Å². The summed E-state index contributed by atoms with van der Waals surface area (Å²) in [4.78, 5) is 12.5. The van der Waals surface area contributed by atoms with Gasteiger partial charge in [-0.3, -0.25) is 10.1 Å². The van der Waals surface area contributed by atoms with Gasteiger partial charge in [-0.1, -0.05) is 5.11 Å². The molecule has 10 heteroatoms. The molecule has 0 unspecified atom stereocenters. The van der Waals surface area contributed by atoms with Gasteiger partial charge in [-0.15, -0.1) is 0 Å². The highest BCUT2D eigenvalue weighted by Gasteiger charge is 2.29. The quantitative estimate of drug-likeness (QED) is 0.293. The van der Waals surface area contributed by atoms with Crippen LogP contribution in [0, 0.1) is 17.0 Å². The lowest BCUT2D eigenvalue weighted by atomic mass is 10.1. The minimum Gasteiger partial charge on any atom is -0.258 e. The van der Waals surface area contributed by atoms with Crippen molar-refractivity contribution in [2.24, 2.45) is 5.11 Å². The van der Waals surface area contributed by atoms with Gasteiger partial charge in [0.1, 0.15) is 0 Å². The molecule has 0 spiro atoms. The fraction of sp³-hybridized carbons (Fsp3) is 0.400. The molecule has 0 saturated heterocycles. The number of nitro groups is 1. The highest BCUT2D eigenvalue weighted by atomic mass is 32.2. The van der Waals surface area contributed by atoms with E-state index >= 15 is 0 Å². The van der Waals surface area contributed by atoms with Crippen LogP contribution in [0.5, 0.6) is 0 Å². The molecule has 20 heavy (non-hydrogen) atoms. The van der Waals surface area contributed by atoms with Crippen LogP contribution in [0.25, 0.3) is 10.4 Å². The Morgan fingerprint density at radius 2 is 2.15 bits per heavy atom. The number of azide groups is 1. The van der Waals surface area contributed by atoms with Gasteiger partial charge in [0, 0.05) is 28.3 Å². The molecular weight excluding hydrogens is 286 g/mol. The maximum atomic E-state index is 12.1. The standard InChI is InChI=1S/C10H11N5O4S/c1-6-9(12-14-11)4-8(5-10(6)15(16)17)20(18,19)13-7-2-3-7/h4-5,7,13H,2-3H2,1H3. The van der Waals surface area contributed by atoms with E-state index in [9.17, 15) is 18.5 Å². The van der Waals surface area contributed by atoms with Crippen LogP contribution >= 0.6 is 0 Å². The molecule has 106 valence electrons. The molecule has 9 nitrogen and oxygen atoms in total. The van der Waals surface area contributed by atoms with Gasteiger partial charge in [-0.25, -0.2) is 13.1 Å². The first-order chi connectivity index (χ1) is 9.35. The van der Waals surface area contributed by atoms with Crippen LogP contribution in [0.2, 0.25) is 0 Å². The van der Waals surface area contributed by atoms with Gasteiger partial charge in [0.15, 0.2) is 0 Å². The number of benzene rings is 1. The summed E-state index contributed by atoms with van der Waals surface area (Å²) in [5.74, 6) is 0. The van der Waals surface area contributed by atoms with Crippen molar-refractivity contribution >= 4 is 21.4 Å². The van der Waals surface area contributed by atoms with Crippen molar-refractivity contribution in [3.63, 3.8) is 0 Å². The first kappa shape index (κ1) is 14.3. The van der Waals surface area contributed by atoms with E-state index in [1.807, 2.05) is 0 Å². The van der Waals surface area contributed by atoms with Crippen molar-refractivity contribution < 1.29 is 13.3 Å². The highest BCUT2D eigenvalue weighted by molar-refractivity contribution is 7.89. The maximum absolute atomic E-state index is 12.1. The fourth-order valence-corrected chi connectivity index (χ4v) is 2.99. The Balaban J connectivity index is 2.58. The predicted octanol–water partition coefficient (Wildman–Crippen LogP) is 2.29. The van der Waals surface area contributed by atoms with Crippen LogP contribution in [0.3, 0.4) is 0 Å². The van der Waals surface area contributed by atoms with Gasteiger partial charge in [0.2, 0.25) is 10.0 Å². The monoisotopic (exact) mass is 297 g/mol. The second-order valence-electron chi connectivity index (χ2n) is 4.43. The third-order valence-electron chi connectivity index (χ3n) is 2.88. The molecule has 1 aliphatic rings. The van der Waals surface area contributed by atoms with Crippen LogP contribution in [0.1, 0.15) is 18.4 Å². The van der Waals surface area contributed by atoms with Crippen molar-refractivity contribution in [1.29, 1.82) is 0 Å².